The highest BCUT2D eigenvalue weighted by molar-refractivity contribution is 5.90. The lowest BCUT2D eigenvalue weighted by Gasteiger charge is -2.26. The molecule has 92 valence electrons. The SMILES string of the molecule is Nc1ccc(C(=O)O)cc1N1CCCC1CO. The summed E-state index contributed by atoms with van der Waals surface area (Å²) < 4.78 is 0. The van der Waals surface area contributed by atoms with Crippen molar-refractivity contribution in [3.05, 3.63) is 23.8 Å². The minimum atomic E-state index is -0.967. The predicted octanol–water partition coefficient (Wildman–Crippen LogP) is 0.928. The molecule has 1 atom stereocenters. The first-order valence-electron chi connectivity index (χ1n) is 5.64. The molecule has 0 amide bonds. The number of aliphatic hydroxyl groups is 1. The van der Waals surface area contributed by atoms with Gasteiger partial charge in [0.2, 0.25) is 0 Å². The lowest BCUT2D eigenvalue weighted by molar-refractivity contribution is 0.0697. The van der Waals surface area contributed by atoms with E-state index >= 15 is 0 Å². The second kappa shape index (κ2) is 4.63. The van der Waals surface area contributed by atoms with E-state index < -0.39 is 5.97 Å². The summed E-state index contributed by atoms with van der Waals surface area (Å²) in [6, 6.07) is 4.71. The van der Waals surface area contributed by atoms with E-state index in [0.717, 1.165) is 19.4 Å². The normalized spacial score (nSPS) is 19.6. The third kappa shape index (κ3) is 2.19. The van der Waals surface area contributed by atoms with Crippen molar-refractivity contribution in [3.8, 4) is 0 Å². The number of carboxylic acid groups (broad SMARTS) is 1. The predicted molar refractivity (Wildman–Crippen MR) is 65.3 cm³/mol. The zero-order valence-electron chi connectivity index (χ0n) is 9.47. The second-order valence-corrected chi connectivity index (χ2v) is 4.25. The van der Waals surface area contributed by atoms with Crippen molar-refractivity contribution in [1.82, 2.24) is 0 Å². The van der Waals surface area contributed by atoms with Crippen molar-refractivity contribution in [3.63, 3.8) is 0 Å². The van der Waals surface area contributed by atoms with Crippen LogP contribution in [-0.2, 0) is 0 Å². The van der Waals surface area contributed by atoms with Gasteiger partial charge in [0.15, 0.2) is 0 Å². The summed E-state index contributed by atoms with van der Waals surface area (Å²) in [7, 11) is 0. The Bertz CT molecular complexity index is 434. The smallest absolute Gasteiger partial charge is 0.335 e. The Kier molecular flexibility index (Phi) is 3.19. The summed E-state index contributed by atoms with van der Waals surface area (Å²) in [6.07, 6.45) is 1.90. The zero-order valence-corrected chi connectivity index (χ0v) is 9.47. The largest absolute Gasteiger partial charge is 0.478 e. The molecule has 2 rings (SSSR count). The van der Waals surface area contributed by atoms with Crippen LogP contribution in [0.2, 0.25) is 0 Å². The lowest BCUT2D eigenvalue weighted by atomic mass is 10.1. The second-order valence-electron chi connectivity index (χ2n) is 4.25. The van der Waals surface area contributed by atoms with Crippen molar-refractivity contribution in [2.45, 2.75) is 18.9 Å². The molecule has 0 spiro atoms. The van der Waals surface area contributed by atoms with Crippen LogP contribution in [0.1, 0.15) is 23.2 Å². The number of hydrogen-bond acceptors (Lipinski definition) is 4. The summed E-state index contributed by atoms with van der Waals surface area (Å²) in [6.45, 7) is 0.870. The van der Waals surface area contributed by atoms with Crippen LogP contribution < -0.4 is 10.6 Å². The molecule has 1 aromatic rings. The summed E-state index contributed by atoms with van der Waals surface area (Å²) >= 11 is 0. The van der Waals surface area contributed by atoms with Crippen molar-refractivity contribution in [2.75, 3.05) is 23.8 Å². The average Bonchev–Trinajstić information content (AvgIpc) is 2.77. The Morgan fingerprint density at radius 1 is 1.53 bits per heavy atom. The first-order chi connectivity index (χ1) is 8.13. The van der Waals surface area contributed by atoms with Crippen LogP contribution in [0.3, 0.4) is 0 Å². The Labute approximate surface area is 99.5 Å². The molecule has 1 aromatic carbocycles. The molecule has 4 N–H and O–H groups in total. The lowest BCUT2D eigenvalue weighted by Crippen LogP contribution is -2.32. The monoisotopic (exact) mass is 236 g/mol. The van der Waals surface area contributed by atoms with Crippen LogP contribution in [-0.4, -0.2) is 35.4 Å². The van der Waals surface area contributed by atoms with Gasteiger partial charge < -0.3 is 20.8 Å². The van der Waals surface area contributed by atoms with Gasteiger partial charge in [0.05, 0.1) is 29.6 Å². The molecule has 1 aliphatic rings. The first kappa shape index (κ1) is 11.7. The standard InChI is InChI=1S/C12H16N2O3/c13-10-4-3-8(12(16)17)6-11(10)14-5-1-2-9(14)7-15/h3-4,6,9,15H,1-2,5,7,13H2,(H,16,17). The Morgan fingerprint density at radius 3 is 2.94 bits per heavy atom. The van der Waals surface area contributed by atoms with Gasteiger partial charge >= 0.3 is 5.97 Å². The summed E-state index contributed by atoms with van der Waals surface area (Å²) in [4.78, 5) is 12.9. The molecule has 1 fully saturated rings. The van der Waals surface area contributed by atoms with Crippen LogP contribution in [0, 0.1) is 0 Å². The highest BCUT2D eigenvalue weighted by Crippen LogP contribution is 2.31. The fourth-order valence-corrected chi connectivity index (χ4v) is 2.27. The van der Waals surface area contributed by atoms with E-state index in [1.165, 1.54) is 6.07 Å². The molecule has 1 aliphatic heterocycles. The van der Waals surface area contributed by atoms with Gasteiger partial charge in [0, 0.05) is 6.54 Å². The number of anilines is 2. The van der Waals surface area contributed by atoms with Crippen molar-refractivity contribution in [2.24, 2.45) is 0 Å². The maximum atomic E-state index is 10.9. The molecule has 1 heterocycles. The minimum absolute atomic E-state index is 0.0429. The zero-order chi connectivity index (χ0) is 12.4. The first-order valence-corrected chi connectivity index (χ1v) is 5.64. The van der Waals surface area contributed by atoms with Gasteiger partial charge in [0.25, 0.3) is 0 Å². The number of carbonyl (C=O) groups is 1. The van der Waals surface area contributed by atoms with Crippen LogP contribution in [0.4, 0.5) is 11.4 Å². The van der Waals surface area contributed by atoms with Crippen LogP contribution >= 0.6 is 0 Å². The van der Waals surface area contributed by atoms with Crippen molar-refractivity contribution < 1.29 is 15.0 Å². The number of nitrogens with two attached hydrogens (primary N) is 1. The maximum absolute atomic E-state index is 10.9. The Balaban J connectivity index is 2.36. The third-order valence-electron chi connectivity index (χ3n) is 3.17. The molecule has 0 aliphatic carbocycles. The van der Waals surface area contributed by atoms with Gasteiger partial charge in [-0.2, -0.15) is 0 Å². The van der Waals surface area contributed by atoms with Crippen LogP contribution in [0.15, 0.2) is 18.2 Å². The van der Waals surface area contributed by atoms with Crippen LogP contribution in [0.25, 0.3) is 0 Å². The highest BCUT2D eigenvalue weighted by atomic mass is 16.4. The average molecular weight is 236 g/mol. The number of carboxylic acids is 1. The summed E-state index contributed by atoms with van der Waals surface area (Å²) in [5, 5.41) is 18.2. The Morgan fingerprint density at radius 2 is 2.29 bits per heavy atom. The van der Waals surface area contributed by atoms with E-state index in [-0.39, 0.29) is 18.2 Å². The molecule has 1 unspecified atom stereocenters. The quantitative estimate of drug-likeness (QED) is 0.679. The number of rotatable bonds is 3. The molecule has 1 saturated heterocycles. The van der Waals surface area contributed by atoms with Crippen molar-refractivity contribution >= 4 is 17.3 Å². The number of nitrogen functional groups attached to an aromatic ring is 1. The molecule has 0 bridgehead atoms. The number of hydrogen-bond donors (Lipinski definition) is 3. The molecule has 0 radical (unpaired) electrons. The van der Waals surface area contributed by atoms with Crippen molar-refractivity contribution in [1.29, 1.82) is 0 Å². The summed E-state index contributed by atoms with van der Waals surface area (Å²) in [5.41, 5.74) is 7.35. The fourth-order valence-electron chi connectivity index (χ4n) is 2.27. The number of aliphatic hydroxyl groups excluding tert-OH is 1. The molecule has 5 nitrogen and oxygen atoms in total. The van der Waals surface area contributed by atoms with E-state index in [9.17, 15) is 9.90 Å². The minimum Gasteiger partial charge on any atom is -0.478 e. The van der Waals surface area contributed by atoms with Gasteiger partial charge in [0.1, 0.15) is 0 Å². The van der Waals surface area contributed by atoms with Gasteiger partial charge in [-0.25, -0.2) is 4.79 Å². The van der Waals surface area contributed by atoms with Gasteiger partial charge in [-0.1, -0.05) is 0 Å². The van der Waals surface area contributed by atoms with Crippen LogP contribution in [0.5, 0.6) is 0 Å². The topological polar surface area (TPSA) is 86.8 Å². The molecule has 0 aromatic heterocycles. The number of aromatic carboxylic acids is 1. The van der Waals surface area contributed by atoms with E-state index in [1.807, 2.05) is 4.90 Å². The number of benzene rings is 1. The van der Waals surface area contributed by atoms with E-state index in [0.29, 0.717) is 11.4 Å². The number of nitrogens with zero attached hydrogens (tertiary/aromatic N) is 1. The third-order valence-corrected chi connectivity index (χ3v) is 3.17. The maximum Gasteiger partial charge on any atom is 0.335 e. The molecular formula is C12H16N2O3. The Hall–Kier alpha value is -1.75. The van der Waals surface area contributed by atoms with Gasteiger partial charge in [-0.15, -0.1) is 0 Å². The fraction of sp³-hybridized carbons (Fsp3) is 0.417. The molecule has 5 heteroatoms. The van der Waals surface area contributed by atoms with E-state index in [1.54, 1.807) is 12.1 Å². The molecule has 17 heavy (non-hydrogen) atoms. The van der Waals surface area contributed by atoms with E-state index in [4.69, 9.17) is 10.8 Å². The van der Waals surface area contributed by atoms with Gasteiger partial charge in [-0.3, -0.25) is 0 Å². The van der Waals surface area contributed by atoms with Gasteiger partial charge in [-0.05, 0) is 31.0 Å². The summed E-state index contributed by atoms with van der Waals surface area (Å²) in [5.74, 6) is -0.967. The highest BCUT2D eigenvalue weighted by Gasteiger charge is 2.25. The van der Waals surface area contributed by atoms with E-state index in [2.05, 4.69) is 0 Å². The molecule has 0 saturated carbocycles. The molecular weight excluding hydrogens is 220 g/mol.